The highest BCUT2D eigenvalue weighted by molar-refractivity contribution is 5.81. The van der Waals surface area contributed by atoms with Crippen LogP contribution in [0.4, 0.5) is 0 Å². The van der Waals surface area contributed by atoms with Crippen molar-refractivity contribution in [1.82, 2.24) is 0 Å². The van der Waals surface area contributed by atoms with Gasteiger partial charge in [-0.05, 0) is 19.3 Å². The van der Waals surface area contributed by atoms with Crippen molar-refractivity contribution >= 4 is 11.8 Å². The maximum absolute atomic E-state index is 11.2. The van der Waals surface area contributed by atoms with Crippen LogP contribution in [0.25, 0.3) is 0 Å². The van der Waals surface area contributed by atoms with Gasteiger partial charge in [0.2, 0.25) is 5.84 Å². The van der Waals surface area contributed by atoms with Crippen molar-refractivity contribution in [2.45, 2.75) is 77.8 Å². The number of rotatable bonds is 13. The average Bonchev–Trinajstić information content (AvgIpc) is 2.92. The van der Waals surface area contributed by atoms with Crippen LogP contribution in [-0.2, 0) is 4.79 Å². The van der Waals surface area contributed by atoms with Crippen LogP contribution in [0.5, 0.6) is 0 Å². The van der Waals surface area contributed by atoms with Crippen molar-refractivity contribution in [3.05, 3.63) is 24.6 Å². The van der Waals surface area contributed by atoms with Gasteiger partial charge in [-0.15, -0.1) is 0 Å². The molecule has 0 aromatic carbocycles. The molecule has 2 atom stereocenters. The minimum atomic E-state index is -0.856. The lowest BCUT2D eigenvalue weighted by Gasteiger charge is -2.34. The average molecular weight is 337 g/mol. The minimum absolute atomic E-state index is 0.0471. The third-order valence-corrected chi connectivity index (χ3v) is 4.59. The molecule has 3 N–H and O–H groups in total. The van der Waals surface area contributed by atoms with Crippen LogP contribution in [0.3, 0.4) is 0 Å². The molecular weight excluding hydrogens is 302 g/mol. The van der Waals surface area contributed by atoms with E-state index in [1.807, 2.05) is 6.92 Å². The summed E-state index contributed by atoms with van der Waals surface area (Å²) < 4.78 is 0.139. The zero-order valence-corrected chi connectivity index (χ0v) is 15.3. The summed E-state index contributed by atoms with van der Waals surface area (Å²) in [6.07, 6.45) is 18.2. The van der Waals surface area contributed by atoms with Gasteiger partial charge in [0.05, 0.1) is 6.20 Å². The number of aliphatic carboxylic acids is 1. The fraction of sp³-hybridized carbons (Fsp3) is 0.684. The second-order valence-corrected chi connectivity index (χ2v) is 6.63. The number of nitrogens with two attached hydrogens (primary N) is 1. The predicted molar refractivity (Wildman–Crippen MR) is 99.4 cm³/mol. The first-order valence-corrected chi connectivity index (χ1v) is 9.27. The van der Waals surface area contributed by atoms with Crippen LogP contribution in [0.2, 0.25) is 0 Å². The molecule has 1 heterocycles. The summed E-state index contributed by atoms with van der Waals surface area (Å²) in [5.74, 6) is -0.0122. The fourth-order valence-corrected chi connectivity index (χ4v) is 3.08. The summed E-state index contributed by atoms with van der Waals surface area (Å²) in [5, 5.41) is 9.18. The quantitative estimate of drug-likeness (QED) is 0.301. The Morgan fingerprint density at radius 3 is 2.58 bits per heavy atom. The number of carbonyl (C=O) groups is 1. The second kappa shape index (κ2) is 11.2. The highest BCUT2D eigenvalue weighted by Crippen LogP contribution is 2.22. The Hall–Kier alpha value is -1.46. The molecule has 0 radical (unpaired) electrons. The normalized spacial score (nSPS) is 21.4. The second-order valence-electron chi connectivity index (χ2n) is 6.63. The third kappa shape index (κ3) is 6.57. The first-order valence-electron chi connectivity index (χ1n) is 9.27. The minimum Gasteiger partial charge on any atom is -0.477 e. The molecule has 0 fully saturated rings. The molecule has 5 heteroatoms. The van der Waals surface area contributed by atoms with E-state index in [0.717, 1.165) is 25.1 Å². The molecule has 0 spiro atoms. The summed E-state index contributed by atoms with van der Waals surface area (Å²) in [6, 6.07) is 0. The highest BCUT2D eigenvalue weighted by Gasteiger charge is 2.40. The first-order chi connectivity index (χ1) is 11.5. The van der Waals surface area contributed by atoms with Crippen molar-refractivity contribution in [2.75, 3.05) is 6.54 Å². The molecule has 0 saturated heterocycles. The number of unbranched alkanes of at least 4 members (excludes halogenated alkanes) is 6. The van der Waals surface area contributed by atoms with Crippen molar-refractivity contribution in [1.29, 1.82) is 0 Å². The van der Waals surface area contributed by atoms with Crippen molar-refractivity contribution < 1.29 is 14.4 Å². The van der Waals surface area contributed by atoms with Crippen LogP contribution in [0.15, 0.2) is 29.5 Å². The molecule has 0 aromatic heterocycles. The van der Waals surface area contributed by atoms with Crippen LogP contribution in [0.1, 0.15) is 71.6 Å². The molecule has 136 valence electrons. The number of amidine groups is 1. The van der Waals surface area contributed by atoms with E-state index in [0.29, 0.717) is 0 Å². The Labute approximate surface area is 146 Å². The molecule has 1 rings (SSSR count). The van der Waals surface area contributed by atoms with Crippen molar-refractivity contribution in [2.24, 2.45) is 10.7 Å². The zero-order valence-electron chi connectivity index (χ0n) is 15.3. The summed E-state index contributed by atoms with van der Waals surface area (Å²) in [5.41, 5.74) is 6.05. The van der Waals surface area contributed by atoms with E-state index in [1.165, 1.54) is 38.5 Å². The Balaban J connectivity index is 2.31. The number of allylic oxidation sites excluding steroid dienone is 2. The lowest BCUT2D eigenvalue weighted by atomic mass is 10.1. The van der Waals surface area contributed by atoms with E-state index in [1.54, 1.807) is 12.4 Å². The molecule has 0 saturated carbocycles. The zero-order chi connectivity index (χ0) is 17.8. The van der Waals surface area contributed by atoms with E-state index in [4.69, 9.17) is 5.73 Å². The number of aliphatic imine (C=N–C) groups is 1. The van der Waals surface area contributed by atoms with Gasteiger partial charge in [-0.2, -0.15) is 0 Å². The smallest absolute Gasteiger partial charge is 0.360 e. The van der Waals surface area contributed by atoms with Gasteiger partial charge >= 0.3 is 5.97 Å². The molecule has 0 bridgehead atoms. The van der Waals surface area contributed by atoms with Gasteiger partial charge in [-0.1, -0.05) is 51.2 Å². The number of hydrogen-bond donors (Lipinski definition) is 2. The van der Waals surface area contributed by atoms with E-state index >= 15 is 0 Å². The largest absolute Gasteiger partial charge is 0.477 e. The van der Waals surface area contributed by atoms with Gasteiger partial charge in [-0.3, -0.25) is 5.73 Å². The molecular formula is C19H34N3O2+. The Morgan fingerprint density at radius 1 is 1.25 bits per heavy atom. The lowest BCUT2D eigenvalue weighted by Crippen LogP contribution is -2.59. The highest BCUT2D eigenvalue weighted by atomic mass is 16.4. The number of carboxylic acid groups (broad SMARTS) is 1. The fourth-order valence-electron chi connectivity index (χ4n) is 3.08. The van der Waals surface area contributed by atoms with E-state index in [9.17, 15) is 9.90 Å². The maximum atomic E-state index is 11.2. The number of nitrogens with zero attached hydrogens (tertiary/aromatic N) is 2. The van der Waals surface area contributed by atoms with E-state index in [2.05, 4.69) is 24.1 Å². The number of hydrogen-bond acceptors (Lipinski definition) is 3. The predicted octanol–water partition coefficient (Wildman–Crippen LogP) is 4.16. The van der Waals surface area contributed by atoms with Gasteiger partial charge in [0, 0.05) is 13.3 Å². The molecule has 24 heavy (non-hydrogen) atoms. The van der Waals surface area contributed by atoms with Gasteiger partial charge in [0.1, 0.15) is 12.4 Å². The summed E-state index contributed by atoms with van der Waals surface area (Å²) in [7, 11) is 0. The Morgan fingerprint density at radius 2 is 1.92 bits per heavy atom. The molecule has 5 nitrogen and oxygen atoms in total. The van der Waals surface area contributed by atoms with Crippen LogP contribution in [-0.4, -0.2) is 34.1 Å². The molecule has 0 aromatic rings. The molecule has 1 aliphatic heterocycles. The Bertz CT molecular complexity index is 469. The van der Waals surface area contributed by atoms with Gasteiger partial charge in [0.15, 0.2) is 6.54 Å². The topological polar surface area (TPSA) is 75.7 Å². The number of carboxylic acids is 1. The summed E-state index contributed by atoms with van der Waals surface area (Å²) in [4.78, 5) is 15.5. The first kappa shape index (κ1) is 20.6. The molecule has 0 amide bonds. The van der Waals surface area contributed by atoms with Crippen LogP contribution >= 0.6 is 0 Å². The van der Waals surface area contributed by atoms with Crippen LogP contribution < -0.4 is 5.73 Å². The van der Waals surface area contributed by atoms with Gasteiger partial charge in [-0.25, -0.2) is 14.3 Å². The van der Waals surface area contributed by atoms with Crippen molar-refractivity contribution in [3.8, 4) is 0 Å². The van der Waals surface area contributed by atoms with Crippen LogP contribution in [0, 0.1) is 0 Å². The third-order valence-electron chi connectivity index (χ3n) is 4.59. The van der Waals surface area contributed by atoms with E-state index in [-0.39, 0.29) is 17.2 Å². The standard InChI is InChI=1S/C19H33N3O2/c1-3-4-5-6-7-8-9-10-11-12-13-18-21-14-15-22(18,17(2)20)16-19(23)24/h10-11,14-15,17H,3-9,12-13,16,20H2,1-2H3/p+1/b11-10+. The summed E-state index contributed by atoms with van der Waals surface area (Å²) in [6.45, 7) is 4.03. The van der Waals surface area contributed by atoms with Gasteiger partial charge in [0.25, 0.3) is 0 Å². The number of quaternary nitrogens is 1. The SMILES string of the molecule is CCCCCCCC/C=C/CCC1=NC=C[N+]1(CC(=O)O)C(C)N. The molecule has 0 aliphatic carbocycles. The van der Waals surface area contributed by atoms with Crippen molar-refractivity contribution in [3.63, 3.8) is 0 Å². The van der Waals surface area contributed by atoms with Gasteiger partial charge < -0.3 is 5.11 Å². The Kier molecular flexibility index (Phi) is 9.57. The maximum Gasteiger partial charge on any atom is 0.360 e. The molecule has 1 aliphatic rings. The monoisotopic (exact) mass is 336 g/mol. The van der Waals surface area contributed by atoms with E-state index < -0.39 is 5.97 Å². The molecule has 2 unspecified atom stereocenters. The lowest BCUT2D eigenvalue weighted by molar-refractivity contribution is -0.805. The summed E-state index contributed by atoms with van der Waals surface area (Å²) >= 11 is 0.